The van der Waals surface area contributed by atoms with Crippen molar-refractivity contribution in [3.8, 4) is 17.2 Å². The third kappa shape index (κ3) is 6.77. The summed E-state index contributed by atoms with van der Waals surface area (Å²) in [5.74, 6) is 0.975. The van der Waals surface area contributed by atoms with E-state index in [-0.39, 0.29) is 17.7 Å². The molecule has 1 fully saturated rings. The summed E-state index contributed by atoms with van der Waals surface area (Å²) in [5.41, 5.74) is 1.60. The second-order valence-corrected chi connectivity index (χ2v) is 8.57. The standard InChI is InChI=1S/C25H32ClN3O5/c1-32-21-14-19(15-22(33-2)23(21)34-3)25(31)28-11-10-27-24(30)18-8-12-29(13-9-18)16-17-4-6-20(26)7-5-17/h4-7,14-15,18H,8-13,16H2,1-3H3,(H,27,30)(H,28,31). The quantitative estimate of drug-likeness (QED) is 0.498. The summed E-state index contributed by atoms with van der Waals surface area (Å²) in [6.45, 7) is 3.28. The molecule has 1 aliphatic rings. The molecule has 2 aromatic carbocycles. The molecule has 184 valence electrons. The SMILES string of the molecule is COc1cc(C(=O)NCCNC(=O)C2CCN(Cc3ccc(Cl)cc3)CC2)cc(OC)c1OC. The Bertz CT molecular complexity index is 950. The molecule has 1 heterocycles. The number of likely N-dealkylation sites (tertiary alicyclic amines) is 1. The summed E-state index contributed by atoms with van der Waals surface area (Å²) < 4.78 is 15.9. The third-order valence-corrected chi connectivity index (χ3v) is 6.17. The van der Waals surface area contributed by atoms with Gasteiger partial charge in [0.2, 0.25) is 11.7 Å². The molecule has 0 radical (unpaired) electrons. The minimum absolute atomic E-state index is 0.00715. The van der Waals surface area contributed by atoms with Crippen LogP contribution in [-0.4, -0.2) is 64.2 Å². The van der Waals surface area contributed by atoms with E-state index in [0.717, 1.165) is 37.5 Å². The van der Waals surface area contributed by atoms with Gasteiger partial charge in [-0.1, -0.05) is 23.7 Å². The second-order valence-electron chi connectivity index (χ2n) is 8.14. The van der Waals surface area contributed by atoms with E-state index in [1.807, 2.05) is 24.3 Å². The summed E-state index contributed by atoms with van der Waals surface area (Å²) >= 11 is 5.95. The molecule has 2 amide bonds. The molecule has 8 nitrogen and oxygen atoms in total. The maximum absolute atomic E-state index is 12.5. The normalized spacial score (nSPS) is 14.4. The van der Waals surface area contributed by atoms with Crippen LogP contribution in [0.15, 0.2) is 36.4 Å². The van der Waals surface area contributed by atoms with Crippen molar-refractivity contribution in [3.05, 3.63) is 52.5 Å². The Kier molecular flexibility index (Phi) is 9.42. The molecule has 2 N–H and O–H groups in total. The van der Waals surface area contributed by atoms with Gasteiger partial charge in [-0.3, -0.25) is 14.5 Å². The number of nitrogens with one attached hydrogen (secondary N) is 2. The lowest BCUT2D eigenvalue weighted by atomic mass is 9.95. The number of methoxy groups -OCH3 is 3. The molecular weight excluding hydrogens is 458 g/mol. The topological polar surface area (TPSA) is 89.1 Å². The van der Waals surface area contributed by atoms with Crippen LogP contribution in [0.3, 0.4) is 0 Å². The van der Waals surface area contributed by atoms with E-state index in [1.54, 1.807) is 12.1 Å². The zero-order chi connectivity index (χ0) is 24.5. The summed E-state index contributed by atoms with van der Waals surface area (Å²) in [5, 5.41) is 6.48. The highest BCUT2D eigenvalue weighted by Crippen LogP contribution is 2.38. The van der Waals surface area contributed by atoms with Gasteiger partial charge in [-0.05, 0) is 55.8 Å². The van der Waals surface area contributed by atoms with Crippen molar-refractivity contribution >= 4 is 23.4 Å². The highest BCUT2D eigenvalue weighted by molar-refractivity contribution is 6.30. The highest BCUT2D eigenvalue weighted by Gasteiger charge is 2.24. The van der Waals surface area contributed by atoms with E-state index >= 15 is 0 Å². The zero-order valence-corrected chi connectivity index (χ0v) is 20.6. The molecule has 0 bridgehead atoms. The number of hydrogen-bond donors (Lipinski definition) is 2. The molecule has 0 unspecified atom stereocenters. The first-order chi connectivity index (χ1) is 16.4. The van der Waals surface area contributed by atoms with E-state index in [2.05, 4.69) is 15.5 Å². The fourth-order valence-corrected chi connectivity index (χ4v) is 4.15. The monoisotopic (exact) mass is 489 g/mol. The van der Waals surface area contributed by atoms with Crippen molar-refractivity contribution in [1.29, 1.82) is 0 Å². The third-order valence-electron chi connectivity index (χ3n) is 5.91. The van der Waals surface area contributed by atoms with Crippen LogP contribution in [0, 0.1) is 5.92 Å². The minimum atomic E-state index is -0.288. The molecule has 0 atom stereocenters. The van der Waals surface area contributed by atoms with Gasteiger partial charge in [-0.25, -0.2) is 0 Å². The van der Waals surface area contributed by atoms with E-state index in [9.17, 15) is 9.59 Å². The molecule has 0 saturated carbocycles. The first-order valence-corrected chi connectivity index (χ1v) is 11.7. The average Bonchev–Trinajstić information content (AvgIpc) is 2.87. The van der Waals surface area contributed by atoms with Gasteiger partial charge in [0.25, 0.3) is 5.91 Å². The molecule has 9 heteroatoms. The Balaban J connectivity index is 1.40. The average molecular weight is 490 g/mol. The predicted octanol–water partition coefficient (Wildman–Crippen LogP) is 3.12. The number of halogens is 1. The molecule has 0 aliphatic carbocycles. The molecule has 0 aromatic heterocycles. The van der Waals surface area contributed by atoms with Crippen LogP contribution in [0.2, 0.25) is 5.02 Å². The fraction of sp³-hybridized carbons (Fsp3) is 0.440. The van der Waals surface area contributed by atoms with Gasteiger partial charge >= 0.3 is 0 Å². The molecule has 0 spiro atoms. The van der Waals surface area contributed by atoms with Crippen LogP contribution >= 0.6 is 11.6 Å². The van der Waals surface area contributed by atoms with Crippen molar-refractivity contribution in [2.75, 3.05) is 47.5 Å². The molecular formula is C25H32ClN3O5. The number of piperidine rings is 1. The van der Waals surface area contributed by atoms with Gasteiger partial charge in [0.15, 0.2) is 11.5 Å². The Morgan fingerprint density at radius 1 is 0.941 bits per heavy atom. The zero-order valence-electron chi connectivity index (χ0n) is 19.9. The van der Waals surface area contributed by atoms with Gasteiger partial charge in [0, 0.05) is 36.1 Å². The van der Waals surface area contributed by atoms with Crippen LogP contribution in [0.1, 0.15) is 28.8 Å². The minimum Gasteiger partial charge on any atom is -0.493 e. The van der Waals surface area contributed by atoms with Crippen LogP contribution in [0.5, 0.6) is 17.2 Å². The summed E-state index contributed by atoms with van der Waals surface area (Å²) in [6, 6.07) is 11.1. The van der Waals surface area contributed by atoms with Gasteiger partial charge in [0.1, 0.15) is 0 Å². The first-order valence-electron chi connectivity index (χ1n) is 11.3. The molecule has 34 heavy (non-hydrogen) atoms. The lowest BCUT2D eigenvalue weighted by molar-refractivity contribution is -0.126. The van der Waals surface area contributed by atoms with Crippen LogP contribution in [-0.2, 0) is 11.3 Å². The largest absolute Gasteiger partial charge is 0.493 e. The summed E-state index contributed by atoms with van der Waals surface area (Å²) in [4.78, 5) is 27.4. The van der Waals surface area contributed by atoms with Crippen molar-refractivity contribution in [1.82, 2.24) is 15.5 Å². The number of nitrogens with zero attached hydrogens (tertiary/aromatic N) is 1. The first kappa shape index (κ1) is 25.6. The number of hydrogen-bond acceptors (Lipinski definition) is 6. The number of carbonyl (C=O) groups excluding carboxylic acids is 2. The second kappa shape index (κ2) is 12.5. The number of ether oxygens (including phenoxy) is 3. The summed E-state index contributed by atoms with van der Waals surface area (Å²) in [6.07, 6.45) is 1.63. The summed E-state index contributed by atoms with van der Waals surface area (Å²) in [7, 11) is 4.50. The Morgan fingerprint density at radius 2 is 1.53 bits per heavy atom. The Morgan fingerprint density at radius 3 is 2.09 bits per heavy atom. The lowest BCUT2D eigenvalue weighted by Crippen LogP contribution is -2.42. The van der Waals surface area contributed by atoms with Gasteiger partial charge in [0.05, 0.1) is 21.3 Å². The molecule has 3 rings (SSSR count). The van der Waals surface area contributed by atoms with E-state index in [0.29, 0.717) is 35.9 Å². The number of benzene rings is 2. The van der Waals surface area contributed by atoms with Crippen LogP contribution in [0.25, 0.3) is 0 Å². The maximum Gasteiger partial charge on any atom is 0.251 e. The van der Waals surface area contributed by atoms with Crippen molar-refractivity contribution in [3.63, 3.8) is 0 Å². The number of carbonyl (C=O) groups is 2. The predicted molar refractivity (Wildman–Crippen MR) is 131 cm³/mol. The molecule has 1 saturated heterocycles. The maximum atomic E-state index is 12.5. The Labute approximate surface area is 205 Å². The smallest absolute Gasteiger partial charge is 0.251 e. The van der Waals surface area contributed by atoms with Gasteiger partial charge in [-0.15, -0.1) is 0 Å². The van der Waals surface area contributed by atoms with Gasteiger partial charge in [-0.2, -0.15) is 0 Å². The van der Waals surface area contributed by atoms with Crippen molar-refractivity contribution in [2.45, 2.75) is 19.4 Å². The fourth-order valence-electron chi connectivity index (χ4n) is 4.02. The lowest BCUT2D eigenvalue weighted by Gasteiger charge is -2.31. The molecule has 2 aromatic rings. The van der Waals surface area contributed by atoms with E-state index < -0.39 is 0 Å². The van der Waals surface area contributed by atoms with E-state index in [4.69, 9.17) is 25.8 Å². The Hall–Kier alpha value is -2.97. The molecule has 1 aliphatic heterocycles. The van der Waals surface area contributed by atoms with Crippen molar-refractivity contribution < 1.29 is 23.8 Å². The highest BCUT2D eigenvalue weighted by atomic mass is 35.5. The van der Waals surface area contributed by atoms with Crippen LogP contribution < -0.4 is 24.8 Å². The number of rotatable bonds is 10. The van der Waals surface area contributed by atoms with Gasteiger partial charge < -0.3 is 24.8 Å². The van der Waals surface area contributed by atoms with Crippen molar-refractivity contribution in [2.24, 2.45) is 5.92 Å². The van der Waals surface area contributed by atoms with E-state index in [1.165, 1.54) is 26.9 Å². The van der Waals surface area contributed by atoms with Crippen LogP contribution in [0.4, 0.5) is 0 Å². The number of amides is 2.